The van der Waals surface area contributed by atoms with Crippen LogP contribution in [-0.4, -0.2) is 16.7 Å². The van der Waals surface area contributed by atoms with Gasteiger partial charge in [-0.05, 0) is 42.7 Å². The summed E-state index contributed by atoms with van der Waals surface area (Å²) in [6, 6.07) is 13.9. The van der Waals surface area contributed by atoms with Crippen molar-refractivity contribution in [3.63, 3.8) is 0 Å². The van der Waals surface area contributed by atoms with Crippen LogP contribution in [0.15, 0.2) is 47.0 Å². The lowest BCUT2D eigenvalue weighted by molar-refractivity contribution is 0.292. The van der Waals surface area contributed by atoms with E-state index in [0.717, 1.165) is 16.9 Å². The molecule has 3 aromatic rings. The molecule has 0 fully saturated rings. The zero-order valence-electron chi connectivity index (χ0n) is 14.0. The normalized spacial score (nSPS) is 10.8. The van der Waals surface area contributed by atoms with Crippen molar-refractivity contribution in [2.24, 2.45) is 5.73 Å². The SMILES string of the molecule is Cc1ccc(OCCc2nc(-c3ccc(CN)cc3)no2)cc1C. The Labute approximate surface area is 141 Å². The second-order valence-corrected chi connectivity index (χ2v) is 5.76. The Balaban J connectivity index is 1.58. The predicted octanol–water partition coefficient (Wildman–Crippen LogP) is 3.43. The lowest BCUT2D eigenvalue weighted by atomic mass is 10.1. The molecule has 124 valence electrons. The molecule has 0 spiro atoms. The fourth-order valence-corrected chi connectivity index (χ4v) is 2.32. The van der Waals surface area contributed by atoms with Crippen LogP contribution in [0, 0.1) is 13.8 Å². The van der Waals surface area contributed by atoms with Crippen LogP contribution in [0.1, 0.15) is 22.6 Å². The summed E-state index contributed by atoms with van der Waals surface area (Å²) in [5.74, 6) is 2.01. The molecule has 2 N–H and O–H groups in total. The van der Waals surface area contributed by atoms with Gasteiger partial charge >= 0.3 is 0 Å². The molecule has 1 aromatic heterocycles. The minimum atomic E-state index is 0.496. The molecule has 1 heterocycles. The van der Waals surface area contributed by atoms with E-state index in [9.17, 15) is 0 Å². The van der Waals surface area contributed by atoms with E-state index in [-0.39, 0.29) is 0 Å². The third-order valence-electron chi connectivity index (χ3n) is 3.98. The third-order valence-corrected chi connectivity index (χ3v) is 3.98. The van der Waals surface area contributed by atoms with E-state index in [1.165, 1.54) is 11.1 Å². The van der Waals surface area contributed by atoms with E-state index in [2.05, 4.69) is 30.1 Å². The average molecular weight is 323 g/mol. The minimum absolute atomic E-state index is 0.496. The number of aryl methyl sites for hydroxylation is 2. The summed E-state index contributed by atoms with van der Waals surface area (Å²) < 4.78 is 11.0. The first kappa shape index (κ1) is 16.2. The van der Waals surface area contributed by atoms with Crippen LogP contribution in [0.5, 0.6) is 5.75 Å². The summed E-state index contributed by atoms with van der Waals surface area (Å²) in [6.07, 6.45) is 0.570. The van der Waals surface area contributed by atoms with E-state index in [4.69, 9.17) is 15.0 Å². The number of ether oxygens (including phenoxy) is 1. The molecule has 0 aliphatic carbocycles. The van der Waals surface area contributed by atoms with Gasteiger partial charge in [-0.15, -0.1) is 0 Å². The molecule has 0 saturated heterocycles. The van der Waals surface area contributed by atoms with Gasteiger partial charge in [0, 0.05) is 12.1 Å². The molecule has 0 amide bonds. The van der Waals surface area contributed by atoms with E-state index < -0.39 is 0 Å². The first-order valence-corrected chi connectivity index (χ1v) is 7.98. The monoisotopic (exact) mass is 323 g/mol. The maximum atomic E-state index is 5.75. The molecule has 0 aliphatic rings. The van der Waals surface area contributed by atoms with E-state index >= 15 is 0 Å². The van der Waals surface area contributed by atoms with Crippen LogP contribution >= 0.6 is 0 Å². The Morgan fingerprint density at radius 3 is 2.54 bits per heavy atom. The lowest BCUT2D eigenvalue weighted by Gasteiger charge is -2.06. The molecule has 0 saturated carbocycles. The van der Waals surface area contributed by atoms with Crippen molar-refractivity contribution in [1.29, 1.82) is 0 Å². The summed E-state index contributed by atoms with van der Waals surface area (Å²) in [5, 5.41) is 4.02. The Kier molecular flexibility index (Phi) is 4.91. The quantitative estimate of drug-likeness (QED) is 0.752. The molecule has 0 aliphatic heterocycles. The molecule has 2 aromatic carbocycles. The van der Waals surface area contributed by atoms with Crippen molar-refractivity contribution in [3.8, 4) is 17.1 Å². The molecular formula is C19H21N3O2. The van der Waals surface area contributed by atoms with Crippen LogP contribution in [0.2, 0.25) is 0 Å². The van der Waals surface area contributed by atoms with Gasteiger partial charge in [-0.25, -0.2) is 0 Å². The summed E-state index contributed by atoms with van der Waals surface area (Å²) in [5.41, 5.74) is 10.1. The smallest absolute Gasteiger partial charge is 0.230 e. The van der Waals surface area contributed by atoms with Gasteiger partial charge in [0.05, 0.1) is 13.0 Å². The van der Waals surface area contributed by atoms with E-state index in [1.807, 2.05) is 36.4 Å². The largest absolute Gasteiger partial charge is 0.493 e. The van der Waals surface area contributed by atoms with Gasteiger partial charge in [0.25, 0.3) is 0 Å². The van der Waals surface area contributed by atoms with Crippen LogP contribution in [0.4, 0.5) is 0 Å². The number of rotatable bonds is 6. The van der Waals surface area contributed by atoms with Crippen molar-refractivity contribution in [2.75, 3.05) is 6.61 Å². The van der Waals surface area contributed by atoms with Crippen molar-refractivity contribution in [3.05, 3.63) is 65.0 Å². The van der Waals surface area contributed by atoms with Gasteiger partial charge in [-0.3, -0.25) is 0 Å². The second-order valence-electron chi connectivity index (χ2n) is 5.76. The van der Waals surface area contributed by atoms with E-state index in [1.54, 1.807) is 0 Å². The van der Waals surface area contributed by atoms with Crippen molar-refractivity contribution in [1.82, 2.24) is 10.1 Å². The Bertz CT molecular complexity index is 810. The number of hydrogen-bond acceptors (Lipinski definition) is 5. The Morgan fingerprint density at radius 2 is 1.83 bits per heavy atom. The van der Waals surface area contributed by atoms with Crippen LogP contribution in [0.3, 0.4) is 0 Å². The topological polar surface area (TPSA) is 74.2 Å². The Hall–Kier alpha value is -2.66. The molecule has 0 unspecified atom stereocenters. The standard InChI is InChI=1S/C19H21N3O2/c1-13-3-8-17(11-14(13)2)23-10-9-18-21-19(22-24-18)16-6-4-15(12-20)5-7-16/h3-8,11H,9-10,12,20H2,1-2H3. The number of aromatic nitrogens is 2. The highest BCUT2D eigenvalue weighted by atomic mass is 16.5. The zero-order chi connectivity index (χ0) is 16.9. The number of hydrogen-bond donors (Lipinski definition) is 1. The van der Waals surface area contributed by atoms with Crippen molar-refractivity contribution >= 4 is 0 Å². The minimum Gasteiger partial charge on any atom is -0.493 e. The number of nitrogens with zero attached hydrogens (tertiary/aromatic N) is 2. The molecular weight excluding hydrogens is 302 g/mol. The summed E-state index contributed by atoms with van der Waals surface area (Å²) in [4.78, 5) is 4.41. The van der Waals surface area contributed by atoms with Gasteiger partial charge in [0.15, 0.2) is 0 Å². The van der Waals surface area contributed by atoms with E-state index in [0.29, 0.717) is 31.3 Å². The van der Waals surface area contributed by atoms with Crippen molar-refractivity contribution in [2.45, 2.75) is 26.8 Å². The van der Waals surface area contributed by atoms with Gasteiger partial charge in [0.1, 0.15) is 5.75 Å². The van der Waals surface area contributed by atoms with Crippen LogP contribution in [-0.2, 0) is 13.0 Å². The highest BCUT2D eigenvalue weighted by Crippen LogP contribution is 2.18. The first-order valence-electron chi connectivity index (χ1n) is 7.98. The molecule has 24 heavy (non-hydrogen) atoms. The average Bonchev–Trinajstić information content (AvgIpc) is 3.07. The summed E-state index contributed by atoms with van der Waals surface area (Å²) in [6.45, 7) is 5.17. The van der Waals surface area contributed by atoms with Gasteiger partial charge < -0.3 is 15.0 Å². The summed E-state index contributed by atoms with van der Waals surface area (Å²) >= 11 is 0. The van der Waals surface area contributed by atoms with Crippen molar-refractivity contribution < 1.29 is 9.26 Å². The number of nitrogens with two attached hydrogens (primary N) is 1. The second kappa shape index (κ2) is 7.27. The Morgan fingerprint density at radius 1 is 1.04 bits per heavy atom. The zero-order valence-corrected chi connectivity index (χ0v) is 14.0. The molecule has 0 atom stereocenters. The lowest BCUT2D eigenvalue weighted by Crippen LogP contribution is -2.02. The third kappa shape index (κ3) is 3.81. The summed E-state index contributed by atoms with van der Waals surface area (Å²) in [7, 11) is 0. The fraction of sp³-hybridized carbons (Fsp3) is 0.263. The van der Waals surface area contributed by atoms with Crippen LogP contribution < -0.4 is 10.5 Å². The van der Waals surface area contributed by atoms with Gasteiger partial charge in [-0.1, -0.05) is 35.5 Å². The highest BCUT2D eigenvalue weighted by molar-refractivity contribution is 5.54. The molecule has 3 rings (SSSR count). The maximum Gasteiger partial charge on any atom is 0.230 e. The molecule has 5 heteroatoms. The molecule has 0 bridgehead atoms. The van der Waals surface area contributed by atoms with Gasteiger partial charge in [0.2, 0.25) is 11.7 Å². The molecule has 5 nitrogen and oxygen atoms in total. The highest BCUT2D eigenvalue weighted by Gasteiger charge is 2.09. The first-order chi connectivity index (χ1) is 11.7. The predicted molar refractivity (Wildman–Crippen MR) is 92.7 cm³/mol. The molecule has 0 radical (unpaired) electrons. The number of benzene rings is 2. The maximum absolute atomic E-state index is 5.75. The fourth-order valence-electron chi connectivity index (χ4n) is 2.32. The van der Waals surface area contributed by atoms with Gasteiger partial charge in [-0.2, -0.15) is 4.98 Å². The van der Waals surface area contributed by atoms with Crippen LogP contribution in [0.25, 0.3) is 11.4 Å².